The SMILES string of the molecule is [Ni+2].[O-]/C(=N\N=C/c1ccccc1F)c1ccncc1.[O-]/C(=N\N=C\c1ccccc1F)c1ccncc1. The van der Waals surface area contributed by atoms with Crippen LogP contribution in [-0.4, -0.2) is 34.2 Å². The van der Waals surface area contributed by atoms with Gasteiger partial charge in [-0.1, -0.05) is 36.4 Å². The van der Waals surface area contributed by atoms with Crippen LogP contribution >= 0.6 is 0 Å². The molecule has 37 heavy (non-hydrogen) atoms. The third kappa shape index (κ3) is 9.50. The van der Waals surface area contributed by atoms with Crippen molar-refractivity contribution >= 4 is 24.2 Å². The molecule has 0 bridgehead atoms. The van der Waals surface area contributed by atoms with Gasteiger partial charge in [-0.25, -0.2) is 8.78 Å². The van der Waals surface area contributed by atoms with Crippen LogP contribution in [-0.2, 0) is 16.5 Å². The van der Waals surface area contributed by atoms with E-state index in [1.165, 1.54) is 73.6 Å². The molecule has 4 aromatic rings. The van der Waals surface area contributed by atoms with Gasteiger partial charge in [0.15, 0.2) is 0 Å². The van der Waals surface area contributed by atoms with Gasteiger partial charge in [0.05, 0.1) is 12.4 Å². The summed E-state index contributed by atoms with van der Waals surface area (Å²) in [5.41, 5.74) is 1.33. The van der Waals surface area contributed by atoms with Crippen LogP contribution in [0, 0.1) is 11.6 Å². The Labute approximate surface area is 221 Å². The van der Waals surface area contributed by atoms with Gasteiger partial charge in [-0.15, -0.1) is 0 Å². The molecule has 11 heteroatoms. The van der Waals surface area contributed by atoms with E-state index in [9.17, 15) is 19.0 Å². The Balaban J connectivity index is 0.000000253. The molecule has 0 atom stereocenters. The molecule has 0 aliphatic carbocycles. The zero-order chi connectivity index (χ0) is 25.6. The first-order valence-corrected chi connectivity index (χ1v) is 10.4. The van der Waals surface area contributed by atoms with E-state index in [2.05, 4.69) is 30.4 Å². The standard InChI is InChI=1S/2C13H10FN3O.Ni/c2*14-12-4-2-1-3-11(12)9-16-17-13(18)10-5-7-15-8-6-10;/h2*1-9H,(H,17,18);/q;;+2/p-2/b16-9+;16-9-;. The molecule has 0 aliphatic heterocycles. The number of hydrogen-bond acceptors (Lipinski definition) is 8. The van der Waals surface area contributed by atoms with Gasteiger partial charge in [-0.05, 0) is 47.5 Å². The van der Waals surface area contributed by atoms with Gasteiger partial charge < -0.3 is 10.2 Å². The van der Waals surface area contributed by atoms with Crippen LogP contribution in [0.25, 0.3) is 0 Å². The molecule has 4 rings (SSSR count). The zero-order valence-electron chi connectivity index (χ0n) is 19.0. The molecule has 0 N–H and O–H groups in total. The van der Waals surface area contributed by atoms with Gasteiger partial charge in [0.2, 0.25) is 0 Å². The molecule has 2 heterocycles. The zero-order valence-corrected chi connectivity index (χ0v) is 20.0. The molecular formula is C26H18F2N6NiO2. The molecular weight excluding hydrogens is 525 g/mol. The number of hydrogen-bond donors (Lipinski definition) is 0. The van der Waals surface area contributed by atoms with Crippen LogP contribution < -0.4 is 10.2 Å². The predicted octanol–water partition coefficient (Wildman–Crippen LogP) is 2.72. The Morgan fingerprint density at radius 3 is 1.30 bits per heavy atom. The van der Waals surface area contributed by atoms with Crippen LogP contribution in [0.5, 0.6) is 0 Å². The molecule has 0 aliphatic rings. The second kappa shape index (κ2) is 15.4. The molecule has 0 fully saturated rings. The second-order valence-electron chi connectivity index (χ2n) is 6.81. The number of halogens is 2. The summed E-state index contributed by atoms with van der Waals surface area (Å²) in [7, 11) is 0. The Bertz CT molecular complexity index is 1280. The maximum absolute atomic E-state index is 13.2. The Hall–Kier alpha value is -4.63. The van der Waals surface area contributed by atoms with Gasteiger partial charge in [-0.2, -0.15) is 20.4 Å². The average molecular weight is 543 g/mol. The first-order valence-electron chi connectivity index (χ1n) is 10.4. The van der Waals surface area contributed by atoms with Gasteiger partial charge in [0, 0.05) is 47.7 Å². The van der Waals surface area contributed by atoms with Crippen molar-refractivity contribution in [3.8, 4) is 0 Å². The molecule has 0 saturated carbocycles. The number of rotatable bonds is 6. The maximum Gasteiger partial charge on any atom is 2.00 e. The van der Waals surface area contributed by atoms with Gasteiger partial charge in [0.1, 0.15) is 11.6 Å². The summed E-state index contributed by atoms with van der Waals surface area (Å²) < 4.78 is 26.4. The van der Waals surface area contributed by atoms with Crippen molar-refractivity contribution in [1.29, 1.82) is 0 Å². The number of pyridine rings is 2. The molecule has 0 radical (unpaired) electrons. The Morgan fingerprint density at radius 2 is 0.946 bits per heavy atom. The summed E-state index contributed by atoms with van der Waals surface area (Å²) in [5.74, 6) is -1.81. The molecule has 2 aromatic carbocycles. The minimum Gasteiger partial charge on any atom is -0.857 e. The van der Waals surface area contributed by atoms with E-state index in [0.717, 1.165) is 0 Å². The van der Waals surface area contributed by atoms with Crippen LogP contribution in [0.4, 0.5) is 8.78 Å². The molecule has 0 amide bonds. The summed E-state index contributed by atoms with van der Waals surface area (Å²) in [5, 5.41) is 37.1. The monoisotopic (exact) mass is 542 g/mol. The molecule has 188 valence electrons. The topological polar surface area (TPSA) is 121 Å². The van der Waals surface area contributed by atoms with E-state index < -0.39 is 23.4 Å². The van der Waals surface area contributed by atoms with Crippen molar-refractivity contribution in [3.63, 3.8) is 0 Å². The summed E-state index contributed by atoms with van der Waals surface area (Å²) in [6, 6.07) is 18.3. The Kier molecular flexibility index (Phi) is 11.9. The van der Waals surface area contributed by atoms with E-state index in [0.29, 0.717) is 11.1 Å². The molecule has 0 saturated heterocycles. The maximum atomic E-state index is 13.2. The average Bonchev–Trinajstić information content (AvgIpc) is 2.92. The normalized spacial score (nSPS) is 11.6. The van der Waals surface area contributed by atoms with Gasteiger partial charge in [0.25, 0.3) is 0 Å². The van der Waals surface area contributed by atoms with Crippen molar-refractivity contribution < 1.29 is 35.5 Å². The molecule has 2 aromatic heterocycles. The van der Waals surface area contributed by atoms with Crippen molar-refractivity contribution in [2.45, 2.75) is 0 Å². The Morgan fingerprint density at radius 1 is 0.595 bits per heavy atom. The third-order valence-corrected chi connectivity index (χ3v) is 4.36. The van der Waals surface area contributed by atoms with Crippen LogP contribution in [0.1, 0.15) is 22.3 Å². The summed E-state index contributed by atoms with van der Waals surface area (Å²) in [4.78, 5) is 7.57. The number of benzene rings is 2. The molecule has 0 unspecified atom stereocenters. The van der Waals surface area contributed by atoms with E-state index >= 15 is 0 Å². The first-order chi connectivity index (χ1) is 17.5. The molecule has 0 spiro atoms. The third-order valence-electron chi connectivity index (χ3n) is 4.36. The first kappa shape index (κ1) is 28.6. The van der Waals surface area contributed by atoms with Gasteiger partial charge in [-0.3, -0.25) is 9.97 Å². The predicted molar refractivity (Wildman–Crippen MR) is 130 cm³/mol. The quantitative estimate of drug-likeness (QED) is 0.161. The smallest absolute Gasteiger partial charge is 0.857 e. The summed E-state index contributed by atoms with van der Waals surface area (Å²) >= 11 is 0. The van der Waals surface area contributed by atoms with Crippen LogP contribution in [0.2, 0.25) is 0 Å². The van der Waals surface area contributed by atoms with E-state index in [1.807, 2.05) is 0 Å². The van der Waals surface area contributed by atoms with Crippen LogP contribution in [0.3, 0.4) is 0 Å². The van der Waals surface area contributed by atoms with Crippen molar-refractivity contribution in [2.24, 2.45) is 20.4 Å². The molecule has 8 nitrogen and oxygen atoms in total. The van der Waals surface area contributed by atoms with Gasteiger partial charge >= 0.3 is 16.5 Å². The summed E-state index contributed by atoms with van der Waals surface area (Å²) in [6.07, 6.45) is 8.36. The minimum absolute atomic E-state index is 0. The fraction of sp³-hybridized carbons (Fsp3) is 0. The fourth-order valence-corrected chi connectivity index (χ4v) is 2.55. The van der Waals surface area contributed by atoms with E-state index in [1.54, 1.807) is 36.4 Å². The largest absolute Gasteiger partial charge is 2.00 e. The van der Waals surface area contributed by atoms with Crippen molar-refractivity contribution in [3.05, 3.63) is 131 Å². The van der Waals surface area contributed by atoms with E-state index in [4.69, 9.17) is 0 Å². The van der Waals surface area contributed by atoms with Crippen molar-refractivity contribution in [1.82, 2.24) is 9.97 Å². The number of nitrogens with zero attached hydrogens (tertiary/aromatic N) is 6. The fourth-order valence-electron chi connectivity index (χ4n) is 2.55. The van der Waals surface area contributed by atoms with Crippen molar-refractivity contribution in [2.75, 3.05) is 0 Å². The van der Waals surface area contributed by atoms with E-state index in [-0.39, 0.29) is 27.6 Å². The number of aromatic nitrogens is 2. The van der Waals surface area contributed by atoms with Crippen LogP contribution in [0.15, 0.2) is 118 Å². The summed E-state index contributed by atoms with van der Waals surface area (Å²) in [6.45, 7) is 0. The minimum atomic E-state index is -0.495. The second-order valence-corrected chi connectivity index (χ2v) is 6.81.